The molecular weight excluding hydrogens is 368 g/mol. The first-order valence-electron chi connectivity index (χ1n) is 10.2. The quantitative estimate of drug-likeness (QED) is 0.635. The molecule has 4 heteroatoms. The average Bonchev–Trinajstić information content (AvgIpc) is 2.94. The fourth-order valence-electron chi connectivity index (χ4n) is 4.31. The molecule has 2 aromatic rings. The number of thiophene rings is 1. The van der Waals surface area contributed by atoms with Gasteiger partial charge >= 0.3 is 0 Å². The standard InChI is InChI=1S/C24H32O3S/c1-15-12-18(13-16(2)22(15)27-11-10-25)6-7-21(26)23-19-8-9-24(4,5)14-20(19)17(3)28-23/h12-13,25H,6-11,14H2,1-5H3. The lowest BCUT2D eigenvalue weighted by atomic mass is 9.74. The van der Waals surface area contributed by atoms with Crippen molar-refractivity contribution in [1.29, 1.82) is 0 Å². The molecule has 28 heavy (non-hydrogen) atoms. The molecule has 0 unspecified atom stereocenters. The zero-order chi connectivity index (χ0) is 20.5. The highest BCUT2D eigenvalue weighted by atomic mass is 32.1. The Kier molecular flexibility index (Phi) is 6.31. The van der Waals surface area contributed by atoms with Crippen LogP contribution < -0.4 is 4.74 Å². The maximum Gasteiger partial charge on any atom is 0.173 e. The van der Waals surface area contributed by atoms with Gasteiger partial charge in [0.15, 0.2) is 5.78 Å². The first-order valence-corrected chi connectivity index (χ1v) is 11.0. The lowest BCUT2D eigenvalue weighted by molar-refractivity contribution is 0.0985. The van der Waals surface area contributed by atoms with Gasteiger partial charge in [-0.25, -0.2) is 0 Å². The number of Topliss-reactive ketones (excluding diaryl/α,β-unsaturated/α-hetero) is 1. The number of ketones is 1. The van der Waals surface area contributed by atoms with E-state index >= 15 is 0 Å². The minimum absolute atomic E-state index is 0.0108. The second-order valence-electron chi connectivity index (χ2n) is 8.84. The molecule has 1 N–H and O–H groups in total. The number of benzene rings is 1. The number of ether oxygens (including phenoxy) is 1. The lowest BCUT2D eigenvalue weighted by Gasteiger charge is -2.30. The van der Waals surface area contributed by atoms with E-state index in [9.17, 15) is 4.79 Å². The molecule has 0 radical (unpaired) electrons. The largest absolute Gasteiger partial charge is 0.491 e. The Balaban J connectivity index is 1.72. The van der Waals surface area contributed by atoms with Crippen molar-refractivity contribution in [3.8, 4) is 5.75 Å². The highest BCUT2D eigenvalue weighted by Gasteiger charge is 2.31. The number of carbonyl (C=O) groups is 1. The van der Waals surface area contributed by atoms with Crippen molar-refractivity contribution in [3.63, 3.8) is 0 Å². The summed E-state index contributed by atoms with van der Waals surface area (Å²) in [6, 6.07) is 4.20. The summed E-state index contributed by atoms with van der Waals surface area (Å²) in [7, 11) is 0. The fraction of sp³-hybridized carbons (Fsp3) is 0.542. The van der Waals surface area contributed by atoms with Crippen molar-refractivity contribution in [2.45, 2.75) is 66.7 Å². The smallest absolute Gasteiger partial charge is 0.173 e. The van der Waals surface area contributed by atoms with Gasteiger partial charge < -0.3 is 9.84 Å². The van der Waals surface area contributed by atoms with E-state index in [1.807, 2.05) is 13.8 Å². The summed E-state index contributed by atoms with van der Waals surface area (Å²) < 4.78 is 5.63. The molecule has 0 bridgehead atoms. The third-order valence-corrected chi connectivity index (χ3v) is 7.01. The van der Waals surface area contributed by atoms with Crippen molar-refractivity contribution in [3.05, 3.63) is 49.7 Å². The predicted octanol–water partition coefficient (Wildman–Crippen LogP) is 5.37. The highest BCUT2D eigenvalue weighted by Crippen LogP contribution is 2.41. The summed E-state index contributed by atoms with van der Waals surface area (Å²) in [6.45, 7) is 11.2. The van der Waals surface area contributed by atoms with Gasteiger partial charge in [0, 0.05) is 11.3 Å². The molecule has 1 aromatic carbocycles. The van der Waals surface area contributed by atoms with Crippen LogP contribution in [0.15, 0.2) is 12.1 Å². The number of rotatable bonds is 7. The second kappa shape index (κ2) is 8.38. The van der Waals surface area contributed by atoms with E-state index in [0.717, 1.165) is 47.4 Å². The van der Waals surface area contributed by atoms with Crippen LogP contribution in [0.4, 0.5) is 0 Å². The maximum absolute atomic E-state index is 13.0. The zero-order valence-corrected chi connectivity index (χ0v) is 18.6. The van der Waals surface area contributed by atoms with Gasteiger partial charge in [0.05, 0.1) is 11.5 Å². The van der Waals surface area contributed by atoms with Gasteiger partial charge in [-0.3, -0.25) is 4.79 Å². The van der Waals surface area contributed by atoms with Crippen LogP contribution >= 0.6 is 11.3 Å². The van der Waals surface area contributed by atoms with E-state index < -0.39 is 0 Å². The zero-order valence-electron chi connectivity index (χ0n) is 17.8. The fourth-order valence-corrected chi connectivity index (χ4v) is 5.50. The van der Waals surface area contributed by atoms with E-state index in [1.54, 1.807) is 11.3 Å². The van der Waals surface area contributed by atoms with Crippen LogP contribution in [0.5, 0.6) is 5.75 Å². The summed E-state index contributed by atoms with van der Waals surface area (Å²) in [5, 5.41) is 8.97. The van der Waals surface area contributed by atoms with Gasteiger partial charge in [-0.15, -0.1) is 11.3 Å². The summed E-state index contributed by atoms with van der Waals surface area (Å²) in [6.07, 6.45) is 4.57. The minimum atomic E-state index is 0.0108. The Hall–Kier alpha value is -1.65. The molecule has 1 aliphatic rings. The molecule has 3 rings (SSSR count). The Morgan fingerprint density at radius 2 is 1.86 bits per heavy atom. The van der Waals surface area contributed by atoms with E-state index in [1.165, 1.54) is 21.6 Å². The van der Waals surface area contributed by atoms with Gasteiger partial charge in [-0.2, -0.15) is 0 Å². The van der Waals surface area contributed by atoms with E-state index in [4.69, 9.17) is 9.84 Å². The van der Waals surface area contributed by atoms with Crippen LogP contribution in [-0.2, 0) is 19.3 Å². The number of aryl methyl sites for hydroxylation is 4. The summed E-state index contributed by atoms with van der Waals surface area (Å²) in [4.78, 5) is 15.3. The predicted molar refractivity (Wildman–Crippen MR) is 116 cm³/mol. The Bertz CT molecular complexity index is 853. The normalized spacial score (nSPS) is 15.4. The first-order chi connectivity index (χ1) is 13.2. The van der Waals surface area contributed by atoms with Gasteiger partial charge in [-0.1, -0.05) is 26.0 Å². The van der Waals surface area contributed by atoms with Crippen molar-refractivity contribution in [1.82, 2.24) is 0 Å². The van der Waals surface area contributed by atoms with Crippen LogP contribution in [0.25, 0.3) is 0 Å². The maximum atomic E-state index is 13.0. The lowest BCUT2D eigenvalue weighted by Crippen LogP contribution is -2.22. The molecule has 0 saturated carbocycles. The molecule has 0 atom stereocenters. The van der Waals surface area contributed by atoms with Crippen molar-refractivity contribution in [2.24, 2.45) is 5.41 Å². The molecule has 1 heterocycles. The van der Waals surface area contributed by atoms with Gasteiger partial charge in [0.2, 0.25) is 0 Å². The van der Waals surface area contributed by atoms with Crippen LogP contribution in [0.3, 0.4) is 0 Å². The third kappa shape index (κ3) is 4.49. The van der Waals surface area contributed by atoms with Gasteiger partial charge in [0.1, 0.15) is 12.4 Å². The number of fused-ring (bicyclic) bond motifs is 1. The molecule has 0 saturated heterocycles. The monoisotopic (exact) mass is 400 g/mol. The summed E-state index contributed by atoms with van der Waals surface area (Å²) in [5.74, 6) is 1.12. The average molecular weight is 401 g/mol. The topological polar surface area (TPSA) is 46.5 Å². The summed E-state index contributed by atoms with van der Waals surface area (Å²) in [5.41, 5.74) is 6.38. The number of aliphatic hydroxyl groups excluding tert-OH is 1. The molecule has 0 amide bonds. The molecular formula is C24H32O3S. The molecule has 0 spiro atoms. The van der Waals surface area contributed by atoms with Gasteiger partial charge in [-0.05, 0) is 79.7 Å². The van der Waals surface area contributed by atoms with E-state index in [2.05, 4.69) is 32.9 Å². The van der Waals surface area contributed by atoms with Crippen LogP contribution in [-0.4, -0.2) is 24.1 Å². The first kappa shape index (κ1) is 21.1. The molecule has 152 valence electrons. The Morgan fingerprint density at radius 3 is 2.50 bits per heavy atom. The minimum Gasteiger partial charge on any atom is -0.491 e. The summed E-state index contributed by atoms with van der Waals surface area (Å²) >= 11 is 1.70. The SMILES string of the molecule is Cc1cc(CCC(=O)c2sc(C)c3c2CCC(C)(C)C3)cc(C)c1OCCO. The number of aliphatic hydroxyl groups is 1. The van der Waals surface area contributed by atoms with Crippen LogP contribution in [0.1, 0.15) is 69.1 Å². The van der Waals surface area contributed by atoms with Crippen molar-refractivity contribution < 1.29 is 14.6 Å². The highest BCUT2D eigenvalue weighted by molar-refractivity contribution is 7.14. The van der Waals surface area contributed by atoms with Gasteiger partial charge in [0.25, 0.3) is 0 Å². The van der Waals surface area contributed by atoms with Crippen molar-refractivity contribution >= 4 is 17.1 Å². The number of hydrogen-bond donors (Lipinski definition) is 1. The van der Waals surface area contributed by atoms with Crippen LogP contribution in [0.2, 0.25) is 0 Å². The molecule has 1 aromatic heterocycles. The third-order valence-electron chi connectivity index (χ3n) is 5.78. The van der Waals surface area contributed by atoms with Crippen LogP contribution in [0, 0.1) is 26.2 Å². The Morgan fingerprint density at radius 1 is 1.18 bits per heavy atom. The number of carbonyl (C=O) groups excluding carboxylic acids is 1. The molecule has 0 fully saturated rings. The van der Waals surface area contributed by atoms with E-state index in [0.29, 0.717) is 18.4 Å². The van der Waals surface area contributed by atoms with Crippen molar-refractivity contribution in [2.75, 3.05) is 13.2 Å². The molecule has 1 aliphatic carbocycles. The number of hydrogen-bond acceptors (Lipinski definition) is 4. The second-order valence-corrected chi connectivity index (χ2v) is 10.1. The van der Waals surface area contributed by atoms with E-state index in [-0.39, 0.29) is 12.4 Å². The molecule has 0 aliphatic heterocycles. The molecule has 3 nitrogen and oxygen atoms in total. The Labute approximate surface area is 172 Å².